The summed E-state index contributed by atoms with van der Waals surface area (Å²) < 4.78 is 5.28. The second-order valence-corrected chi connectivity index (χ2v) is 6.40. The van der Waals surface area contributed by atoms with Gasteiger partial charge in [0.1, 0.15) is 0 Å². The Morgan fingerprint density at radius 3 is 2.29 bits per heavy atom. The largest absolute Gasteiger partial charge is 0.394 e. The first kappa shape index (κ1) is 20.8. The van der Waals surface area contributed by atoms with Crippen LogP contribution in [0.5, 0.6) is 0 Å². The molecule has 0 aliphatic heterocycles. The molecule has 2 N–H and O–H groups in total. The molecule has 128 valence electrons. The summed E-state index contributed by atoms with van der Waals surface area (Å²) in [4.78, 5) is 2.55. The first-order valence-corrected chi connectivity index (χ1v) is 8.58. The highest BCUT2D eigenvalue weighted by Crippen LogP contribution is 2.20. The normalized spacial score (nSPS) is 16.4. The smallest absolute Gasteiger partial charge is 0.0611 e. The molecule has 0 fully saturated rings. The van der Waals surface area contributed by atoms with Crippen LogP contribution in [0.4, 0.5) is 0 Å². The summed E-state index contributed by atoms with van der Waals surface area (Å²) in [5, 5.41) is 13.3. The van der Waals surface area contributed by atoms with Crippen LogP contribution in [0, 0.1) is 0 Å². The minimum atomic E-state index is -0.202. The van der Waals surface area contributed by atoms with Crippen molar-refractivity contribution in [3.05, 3.63) is 0 Å². The van der Waals surface area contributed by atoms with Gasteiger partial charge in [-0.3, -0.25) is 4.90 Å². The Labute approximate surface area is 132 Å². The zero-order chi connectivity index (χ0) is 16.3. The molecule has 2 atom stereocenters. The van der Waals surface area contributed by atoms with Gasteiger partial charge in [-0.1, -0.05) is 20.8 Å². The van der Waals surface area contributed by atoms with Crippen LogP contribution in [0.3, 0.4) is 0 Å². The van der Waals surface area contributed by atoms with Gasteiger partial charge in [0.2, 0.25) is 0 Å². The average Bonchev–Trinajstić information content (AvgIpc) is 2.49. The zero-order valence-corrected chi connectivity index (χ0v) is 15.1. The first-order chi connectivity index (χ1) is 9.97. The van der Waals surface area contributed by atoms with Gasteiger partial charge in [0, 0.05) is 31.3 Å². The van der Waals surface area contributed by atoms with E-state index in [2.05, 4.69) is 44.8 Å². The topological polar surface area (TPSA) is 44.7 Å². The van der Waals surface area contributed by atoms with Gasteiger partial charge in [0.05, 0.1) is 13.2 Å². The van der Waals surface area contributed by atoms with Gasteiger partial charge in [-0.2, -0.15) is 0 Å². The summed E-state index contributed by atoms with van der Waals surface area (Å²) >= 11 is 0. The minimum Gasteiger partial charge on any atom is -0.394 e. The van der Waals surface area contributed by atoms with Gasteiger partial charge in [-0.25, -0.2) is 0 Å². The molecule has 0 saturated heterocycles. The van der Waals surface area contributed by atoms with Gasteiger partial charge in [0.15, 0.2) is 0 Å². The van der Waals surface area contributed by atoms with Gasteiger partial charge in [-0.05, 0) is 46.1 Å². The fourth-order valence-corrected chi connectivity index (χ4v) is 3.11. The van der Waals surface area contributed by atoms with E-state index in [1.54, 1.807) is 7.11 Å². The lowest BCUT2D eigenvalue weighted by Gasteiger charge is -2.40. The molecule has 2 unspecified atom stereocenters. The molecule has 0 aliphatic rings. The number of hydrogen-bond donors (Lipinski definition) is 2. The molecule has 0 heterocycles. The molecule has 0 aromatic carbocycles. The third-order valence-electron chi connectivity index (χ3n) is 4.43. The number of rotatable bonds is 13. The van der Waals surface area contributed by atoms with Crippen LogP contribution in [-0.2, 0) is 4.74 Å². The number of nitrogens with one attached hydrogen (secondary N) is 1. The highest BCUT2D eigenvalue weighted by Gasteiger charge is 2.29. The Bertz CT molecular complexity index is 247. The first-order valence-electron chi connectivity index (χ1n) is 8.58. The molecule has 0 radical (unpaired) electrons. The van der Waals surface area contributed by atoms with E-state index in [4.69, 9.17) is 4.74 Å². The molecule has 4 heteroatoms. The van der Waals surface area contributed by atoms with Crippen LogP contribution in [0.1, 0.15) is 60.3 Å². The van der Waals surface area contributed by atoms with Crippen molar-refractivity contribution >= 4 is 0 Å². The second-order valence-electron chi connectivity index (χ2n) is 6.40. The molecule has 0 spiro atoms. The predicted octanol–water partition coefficient (Wildman–Crippen LogP) is 2.65. The lowest BCUT2D eigenvalue weighted by Crippen LogP contribution is -2.53. The summed E-state index contributed by atoms with van der Waals surface area (Å²) in [5.41, 5.74) is -0.202. The molecule has 0 rings (SSSR count). The number of nitrogens with zero attached hydrogens (tertiary/aromatic N) is 1. The molecular weight excluding hydrogens is 264 g/mol. The van der Waals surface area contributed by atoms with E-state index in [1.807, 2.05) is 0 Å². The highest BCUT2D eigenvalue weighted by molar-refractivity contribution is 4.88. The SMILES string of the molecule is CCCNC(C)(CO)CC(C)N(CCOC)C(CC)CC. The predicted molar refractivity (Wildman–Crippen MR) is 90.8 cm³/mol. The Morgan fingerprint density at radius 2 is 1.86 bits per heavy atom. The van der Waals surface area contributed by atoms with E-state index >= 15 is 0 Å². The van der Waals surface area contributed by atoms with Crippen molar-refractivity contribution in [1.29, 1.82) is 0 Å². The summed E-state index contributed by atoms with van der Waals surface area (Å²) in [6, 6.07) is 1.01. The standard InChI is InChI=1S/C17H38N2O2/c1-7-10-18-17(5,14-20)13-15(4)19(11-12-21-6)16(8-2)9-3/h15-16,18,20H,7-14H2,1-6H3. The highest BCUT2D eigenvalue weighted by atomic mass is 16.5. The average molecular weight is 303 g/mol. The van der Waals surface area contributed by atoms with Crippen molar-refractivity contribution in [3.8, 4) is 0 Å². The number of methoxy groups -OCH3 is 1. The molecule has 0 amide bonds. The number of ether oxygens (including phenoxy) is 1. The Hall–Kier alpha value is -0.160. The van der Waals surface area contributed by atoms with Crippen LogP contribution in [0.2, 0.25) is 0 Å². The third kappa shape index (κ3) is 7.59. The van der Waals surface area contributed by atoms with Crippen LogP contribution >= 0.6 is 0 Å². The molecule has 0 aliphatic carbocycles. The van der Waals surface area contributed by atoms with Crippen LogP contribution in [0.25, 0.3) is 0 Å². The van der Waals surface area contributed by atoms with Crippen molar-refractivity contribution in [2.45, 2.75) is 77.9 Å². The molecular formula is C17H38N2O2. The molecule has 0 saturated carbocycles. The van der Waals surface area contributed by atoms with Crippen LogP contribution < -0.4 is 5.32 Å². The summed E-state index contributed by atoms with van der Waals surface area (Å²) in [6.07, 6.45) is 4.35. The van der Waals surface area contributed by atoms with Crippen LogP contribution in [0.15, 0.2) is 0 Å². The fraction of sp³-hybridized carbons (Fsp3) is 1.00. The summed E-state index contributed by atoms with van der Waals surface area (Å²) in [7, 11) is 1.76. The number of hydrogen-bond acceptors (Lipinski definition) is 4. The molecule has 0 aromatic heterocycles. The molecule has 21 heavy (non-hydrogen) atoms. The Kier molecular flexibility index (Phi) is 11.3. The number of aliphatic hydroxyl groups is 1. The lowest BCUT2D eigenvalue weighted by atomic mass is 9.92. The number of aliphatic hydroxyl groups excluding tert-OH is 1. The molecule has 0 aromatic rings. The second kappa shape index (κ2) is 11.4. The Balaban J connectivity index is 4.79. The lowest BCUT2D eigenvalue weighted by molar-refractivity contribution is 0.0585. The summed E-state index contributed by atoms with van der Waals surface area (Å²) in [6.45, 7) is 13.9. The van der Waals surface area contributed by atoms with Gasteiger partial charge < -0.3 is 15.2 Å². The van der Waals surface area contributed by atoms with E-state index in [0.29, 0.717) is 12.1 Å². The van der Waals surface area contributed by atoms with E-state index < -0.39 is 0 Å². The van der Waals surface area contributed by atoms with Crippen molar-refractivity contribution in [3.63, 3.8) is 0 Å². The van der Waals surface area contributed by atoms with E-state index in [0.717, 1.165) is 45.4 Å². The van der Waals surface area contributed by atoms with E-state index in [-0.39, 0.29) is 12.1 Å². The van der Waals surface area contributed by atoms with E-state index in [9.17, 15) is 5.11 Å². The van der Waals surface area contributed by atoms with Gasteiger partial charge >= 0.3 is 0 Å². The van der Waals surface area contributed by atoms with Gasteiger partial charge in [-0.15, -0.1) is 0 Å². The summed E-state index contributed by atoms with van der Waals surface area (Å²) in [5.74, 6) is 0. The molecule has 4 nitrogen and oxygen atoms in total. The van der Waals surface area contributed by atoms with Gasteiger partial charge in [0.25, 0.3) is 0 Å². The van der Waals surface area contributed by atoms with Crippen molar-refractivity contribution < 1.29 is 9.84 Å². The molecule has 0 bridgehead atoms. The van der Waals surface area contributed by atoms with Crippen molar-refractivity contribution in [2.24, 2.45) is 0 Å². The monoisotopic (exact) mass is 302 g/mol. The van der Waals surface area contributed by atoms with Crippen molar-refractivity contribution in [1.82, 2.24) is 10.2 Å². The maximum absolute atomic E-state index is 9.77. The quantitative estimate of drug-likeness (QED) is 0.549. The van der Waals surface area contributed by atoms with Crippen molar-refractivity contribution in [2.75, 3.05) is 33.4 Å². The van der Waals surface area contributed by atoms with E-state index in [1.165, 1.54) is 0 Å². The third-order valence-corrected chi connectivity index (χ3v) is 4.43. The fourth-order valence-electron chi connectivity index (χ4n) is 3.11. The maximum Gasteiger partial charge on any atom is 0.0611 e. The minimum absolute atomic E-state index is 0.179. The maximum atomic E-state index is 9.77. The zero-order valence-electron chi connectivity index (χ0n) is 15.1. The van der Waals surface area contributed by atoms with Crippen LogP contribution in [-0.4, -0.2) is 61.0 Å². The Morgan fingerprint density at radius 1 is 1.24 bits per heavy atom.